The monoisotopic (exact) mass is 393 g/mol. The summed E-state index contributed by atoms with van der Waals surface area (Å²) in [6.07, 6.45) is 2.97. The highest BCUT2D eigenvalue weighted by Crippen LogP contribution is 2.23. The van der Waals surface area contributed by atoms with Gasteiger partial charge in [0.25, 0.3) is 15.9 Å². The van der Waals surface area contributed by atoms with Gasteiger partial charge in [-0.05, 0) is 45.2 Å². The van der Waals surface area contributed by atoms with Gasteiger partial charge in [-0.2, -0.15) is 0 Å². The molecule has 2 aliphatic heterocycles. The highest BCUT2D eigenvalue weighted by molar-refractivity contribution is 7.90. The van der Waals surface area contributed by atoms with Crippen LogP contribution in [-0.2, 0) is 24.3 Å². The molecule has 27 heavy (non-hydrogen) atoms. The van der Waals surface area contributed by atoms with Gasteiger partial charge in [0.05, 0.1) is 4.90 Å². The predicted molar refractivity (Wildman–Crippen MR) is 98.7 cm³/mol. The minimum atomic E-state index is -3.65. The first kappa shape index (κ1) is 19.3. The van der Waals surface area contributed by atoms with Gasteiger partial charge in [-0.25, -0.2) is 8.42 Å². The van der Waals surface area contributed by atoms with Crippen molar-refractivity contribution in [2.24, 2.45) is 4.99 Å². The molecule has 0 bridgehead atoms. The molecule has 0 saturated carbocycles. The Morgan fingerprint density at radius 3 is 2.59 bits per heavy atom. The van der Waals surface area contributed by atoms with Crippen LogP contribution in [0.15, 0.2) is 34.2 Å². The van der Waals surface area contributed by atoms with Crippen LogP contribution in [-0.4, -0.2) is 56.3 Å². The summed E-state index contributed by atoms with van der Waals surface area (Å²) >= 11 is 0. The van der Waals surface area contributed by atoms with Crippen molar-refractivity contribution < 1.29 is 22.7 Å². The molecule has 2 heterocycles. The van der Waals surface area contributed by atoms with Crippen molar-refractivity contribution in [3.8, 4) is 0 Å². The number of rotatable bonds is 4. The van der Waals surface area contributed by atoms with Crippen LogP contribution in [0.3, 0.4) is 0 Å². The van der Waals surface area contributed by atoms with E-state index in [0.29, 0.717) is 5.56 Å². The molecule has 9 heteroatoms. The number of likely N-dealkylation sites (tertiary alicyclic amines) is 1. The number of nitrogens with one attached hydrogen (secondary N) is 1. The van der Waals surface area contributed by atoms with E-state index in [9.17, 15) is 18.0 Å². The van der Waals surface area contributed by atoms with Crippen LogP contribution in [0.4, 0.5) is 0 Å². The SMILES string of the molecule is C[C@@H]1CCC[C@H](C)N1C(=O)COC(=O)CN=C1NS(=O)(=O)c2ccccc21. The number of ether oxygens (including phenoxy) is 1. The summed E-state index contributed by atoms with van der Waals surface area (Å²) < 4.78 is 31.4. The molecule has 1 N–H and O–H groups in total. The zero-order chi connectivity index (χ0) is 19.6. The van der Waals surface area contributed by atoms with Crippen molar-refractivity contribution in [1.29, 1.82) is 0 Å². The summed E-state index contributed by atoms with van der Waals surface area (Å²) in [6.45, 7) is 3.28. The second-order valence-electron chi connectivity index (χ2n) is 6.86. The van der Waals surface area contributed by atoms with E-state index in [-0.39, 0.29) is 41.9 Å². The number of amidine groups is 1. The summed E-state index contributed by atoms with van der Waals surface area (Å²) in [5.74, 6) is -0.800. The van der Waals surface area contributed by atoms with Gasteiger partial charge >= 0.3 is 5.97 Å². The maximum atomic E-state index is 12.4. The topological polar surface area (TPSA) is 105 Å². The third-order valence-electron chi connectivity index (χ3n) is 4.87. The summed E-state index contributed by atoms with van der Waals surface area (Å²) in [6, 6.07) is 6.64. The number of fused-ring (bicyclic) bond motifs is 1. The lowest BCUT2D eigenvalue weighted by Crippen LogP contribution is -2.49. The Balaban J connectivity index is 1.58. The normalized spacial score (nSPS) is 25.0. The zero-order valence-corrected chi connectivity index (χ0v) is 16.2. The lowest BCUT2D eigenvalue weighted by molar-refractivity contribution is -0.153. The maximum Gasteiger partial charge on any atom is 0.328 e. The van der Waals surface area contributed by atoms with E-state index >= 15 is 0 Å². The van der Waals surface area contributed by atoms with Gasteiger partial charge in [0.15, 0.2) is 6.61 Å². The molecule has 1 amide bonds. The Hall–Kier alpha value is -2.42. The summed E-state index contributed by atoms with van der Waals surface area (Å²) in [4.78, 5) is 30.2. The number of amides is 1. The molecular weight excluding hydrogens is 370 g/mol. The average Bonchev–Trinajstić information content (AvgIpc) is 2.89. The Morgan fingerprint density at radius 1 is 1.22 bits per heavy atom. The van der Waals surface area contributed by atoms with Crippen molar-refractivity contribution in [2.45, 2.75) is 50.1 Å². The third-order valence-corrected chi connectivity index (χ3v) is 6.26. The molecule has 0 spiro atoms. The Bertz CT molecular complexity index is 871. The molecule has 0 unspecified atom stereocenters. The molecule has 3 rings (SSSR count). The van der Waals surface area contributed by atoms with E-state index in [1.807, 2.05) is 13.8 Å². The number of carbonyl (C=O) groups excluding carboxylic acids is 2. The van der Waals surface area contributed by atoms with Gasteiger partial charge in [0, 0.05) is 17.6 Å². The van der Waals surface area contributed by atoms with E-state index in [0.717, 1.165) is 19.3 Å². The van der Waals surface area contributed by atoms with Crippen LogP contribution in [0.5, 0.6) is 0 Å². The van der Waals surface area contributed by atoms with Gasteiger partial charge in [0.1, 0.15) is 12.4 Å². The van der Waals surface area contributed by atoms with Gasteiger partial charge in [-0.3, -0.25) is 19.3 Å². The Morgan fingerprint density at radius 2 is 1.89 bits per heavy atom. The maximum absolute atomic E-state index is 12.4. The first-order valence-electron chi connectivity index (χ1n) is 8.93. The van der Waals surface area contributed by atoms with Crippen molar-refractivity contribution in [1.82, 2.24) is 9.62 Å². The molecular formula is C18H23N3O5S. The largest absolute Gasteiger partial charge is 0.454 e. The first-order valence-corrected chi connectivity index (χ1v) is 10.4. The second-order valence-corrected chi connectivity index (χ2v) is 8.51. The Kier molecular flexibility index (Phi) is 5.50. The van der Waals surface area contributed by atoms with Crippen molar-refractivity contribution >= 4 is 27.7 Å². The second kappa shape index (κ2) is 7.67. The third kappa shape index (κ3) is 4.13. The van der Waals surface area contributed by atoms with Crippen LogP contribution >= 0.6 is 0 Å². The fourth-order valence-corrected chi connectivity index (χ4v) is 4.82. The lowest BCUT2D eigenvalue weighted by Gasteiger charge is -2.38. The number of benzene rings is 1. The summed E-state index contributed by atoms with van der Waals surface area (Å²) in [5, 5.41) is 0. The van der Waals surface area contributed by atoms with Crippen LogP contribution in [0.2, 0.25) is 0 Å². The minimum absolute atomic E-state index is 0.104. The smallest absolute Gasteiger partial charge is 0.328 e. The molecule has 146 valence electrons. The number of hydrogen-bond acceptors (Lipinski definition) is 6. The van der Waals surface area contributed by atoms with E-state index in [2.05, 4.69) is 9.71 Å². The summed E-state index contributed by atoms with van der Waals surface area (Å²) in [7, 11) is -3.65. The molecule has 0 aliphatic carbocycles. The van der Waals surface area contributed by atoms with E-state index in [1.54, 1.807) is 23.1 Å². The first-order chi connectivity index (χ1) is 12.8. The number of esters is 1. The number of aliphatic imine (C=N–C) groups is 1. The van der Waals surface area contributed by atoms with Crippen LogP contribution in [0.25, 0.3) is 0 Å². The molecule has 1 saturated heterocycles. The average molecular weight is 393 g/mol. The van der Waals surface area contributed by atoms with Crippen molar-refractivity contribution in [3.63, 3.8) is 0 Å². The Labute approximate surface area is 158 Å². The molecule has 2 atom stereocenters. The highest BCUT2D eigenvalue weighted by Gasteiger charge is 2.31. The summed E-state index contributed by atoms with van der Waals surface area (Å²) in [5.41, 5.74) is 0.414. The van der Waals surface area contributed by atoms with E-state index in [4.69, 9.17) is 4.74 Å². The lowest BCUT2D eigenvalue weighted by atomic mass is 9.97. The number of carbonyl (C=O) groups is 2. The molecule has 2 aliphatic rings. The van der Waals surface area contributed by atoms with Crippen molar-refractivity contribution in [3.05, 3.63) is 29.8 Å². The standard InChI is InChI=1S/C18H23N3O5S/c1-12-6-5-7-13(2)21(12)16(22)11-26-17(23)10-19-18-14-8-3-4-9-15(14)27(24,25)20-18/h3-4,8-9,12-13H,5-7,10-11H2,1-2H3,(H,19,20)/t12-,13+. The molecule has 1 aromatic rings. The zero-order valence-electron chi connectivity index (χ0n) is 15.3. The minimum Gasteiger partial charge on any atom is -0.454 e. The van der Waals surface area contributed by atoms with Gasteiger partial charge < -0.3 is 9.64 Å². The highest BCUT2D eigenvalue weighted by atomic mass is 32.2. The fourth-order valence-electron chi connectivity index (χ4n) is 3.57. The molecule has 8 nitrogen and oxygen atoms in total. The van der Waals surface area contributed by atoms with Crippen LogP contribution < -0.4 is 4.72 Å². The predicted octanol–water partition coefficient (Wildman–Crippen LogP) is 1.06. The molecule has 0 aromatic heterocycles. The van der Waals surface area contributed by atoms with Gasteiger partial charge in [-0.1, -0.05) is 12.1 Å². The molecule has 1 fully saturated rings. The van der Waals surface area contributed by atoms with E-state index < -0.39 is 16.0 Å². The van der Waals surface area contributed by atoms with Crippen LogP contribution in [0, 0.1) is 0 Å². The molecule has 0 radical (unpaired) electrons. The number of piperidine rings is 1. The number of hydrogen-bond donors (Lipinski definition) is 1. The van der Waals surface area contributed by atoms with Gasteiger partial charge in [0.2, 0.25) is 0 Å². The quantitative estimate of drug-likeness (QED) is 0.770. The molecule has 1 aromatic carbocycles. The van der Waals surface area contributed by atoms with E-state index in [1.165, 1.54) is 6.07 Å². The number of nitrogens with zero attached hydrogens (tertiary/aromatic N) is 2. The number of sulfonamides is 1. The van der Waals surface area contributed by atoms with Crippen molar-refractivity contribution in [2.75, 3.05) is 13.2 Å². The fraction of sp³-hybridized carbons (Fsp3) is 0.500. The van der Waals surface area contributed by atoms with Crippen LogP contribution in [0.1, 0.15) is 38.7 Å². The van der Waals surface area contributed by atoms with Gasteiger partial charge in [-0.15, -0.1) is 0 Å².